The average molecular weight is 438 g/mol. The Hall–Kier alpha value is -2.25. The van der Waals surface area contributed by atoms with Crippen LogP contribution in [0.4, 0.5) is 4.39 Å². The zero-order valence-electron chi connectivity index (χ0n) is 18.8. The first-order valence-electron chi connectivity index (χ1n) is 12.1. The number of hydrogen-bond acceptors (Lipinski definition) is 4. The van der Waals surface area contributed by atoms with Crippen molar-refractivity contribution in [2.75, 3.05) is 33.0 Å². The molecule has 3 aliphatic rings. The van der Waals surface area contributed by atoms with Crippen molar-refractivity contribution in [1.29, 1.82) is 0 Å². The summed E-state index contributed by atoms with van der Waals surface area (Å²) in [6.07, 6.45) is 12.1. The predicted octanol–water partition coefficient (Wildman–Crippen LogP) is 4.56. The molecule has 1 saturated heterocycles. The van der Waals surface area contributed by atoms with Crippen LogP contribution in [0.2, 0.25) is 0 Å². The molecule has 1 aliphatic heterocycles. The van der Waals surface area contributed by atoms with Gasteiger partial charge in [0.25, 0.3) is 0 Å². The Balaban J connectivity index is 1.29. The number of aromatic nitrogens is 4. The molecule has 2 aliphatic carbocycles. The summed E-state index contributed by atoms with van der Waals surface area (Å²) in [6, 6.07) is 4.58. The summed E-state index contributed by atoms with van der Waals surface area (Å²) in [5.41, 5.74) is 4.21. The fourth-order valence-electron chi connectivity index (χ4n) is 5.79. The third-order valence-corrected chi connectivity index (χ3v) is 7.91. The second kappa shape index (κ2) is 7.96. The normalized spacial score (nSPS) is 26.5. The number of aryl methyl sites for hydroxylation is 1. The molecule has 0 bridgehead atoms. The fraction of sp³-hybridized carbons (Fsp3) is 0.600. The van der Waals surface area contributed by atoms with Crippen molar-refractivity contribution in [3.63, 3.8) is 0 Å². The van der Waals surface area contributed by atoms with Gasteiger partial charge < -0.3 is 13.9 Å². The second-order valence-electron chi connectivity index (χ2n) is 9.73. The number of alkyl halides is 1. The van der Waals surface area contributed by atoms with Crippen LogP contribution in [-0.4, -0.2) is 62.5 Å². The van der Waals surface area contributed by atoms with Crippen LogP contribution in [0.25, 0.3) is 22.3 Å². The van der Waals surface area contributed by atoms with E-state index in [2.05, 4.69) is 33.6 Å². The lowest BCUT2D eigenvalue weighted by molar-refractivity contribution is -0.0773. The molecule has 0 N–H and O–H groups in total. The molecule has 0 unspecified atom stereocenters. The maximum absolute atomic E-state index is 13.0. The van der Waals surface area contributed by atoms with E-state index in [-0.39, 0.29) is 6.67 Å². The molecule has 0 amide bonds. The molecule has 3 aromatic rings. The van der Waals surface area contributed by atoms with Gasteiger partial charge in [0.05, 0.1) is 36.5 Å². The van der Waals surface area contributed by atoms with Crippen molar-refractivity contribution in [2.24, 2.45) is 0 Å². The van der Waals surface area contributed by atoms with E-state index >= 15 is 0 Å². The lowest BCUT2D eigenvalue weighted by atomic mass is 9.69. The largest absolute Gasteiger partial charge is 0.379 e. The lowest BCUT2D eigenvalue weighted by Crippen LogP contribution is -2.60. The van der Waals surface area contributed by atoms with Gasteiger partial charge in [-0.25, -0.2) is 9.37 Å². The summed E-state index contributed by atoms with van der Waals surface area (Å²) in [5.74, 6) is 1.84. The Kier molecular flexibility index (Phi) is 5.06. The number of nitrogens with zero attached hydrogens (tertiary/aromatic N) is 5. The van der Waals surface area contributed by atoms with Crippen molar-refractivity contribution < 1.29 is 9.13 Å². The number of fused-ring (bicyclic) bond motifs is 1. The first-order chi connectivity index (χ1) is 15.7. The van der Waals surface area contributed by atoms with E-state index < -0.39 is 0 Å². The Morgan fingerprint density at radius 3 is 2.75 bits per heavy atom. The molecule has 3 fully saturated rings. The number of rotatable bonds is 7. The average Bonchev–Trinajstić information content (AvgIpc) is 3.43. The van der Waals surface area contributed by atoms with Crippen LogP contribution in [0.3, 0.4) is 0 Å². The number of ether oxygens (including phenoxy) is 1. The lowest BCUT2D eigenvalue weighted by Gasteiger charge is -2.55. The Labute approximate surface area is 188 Å². The maximum atomic E-state index is 13.0. The van der Waals surface area contributed by atoms with Gasteiger partial charge in [-0.05, 0) is 44.2 Å². The standard InChI is InChI=1S/C25H32FN5O/c1-2-25(30-9-11-32-12-10-30)14-20(15-25)31-17-22(28-24(31)18-3-4-18)19-13-23-21(27-16-19)5-7-29(23)8-6-26/h5,7,13,16-18,20H,2-4,6,8-12,14-15H2,1H3. The van der Waals surface area contributed by atoms with Gasteiger partial charge >= 0.3 is 0 Å². The molecule has 0 atom stereocenters. The van der Waals surface area contributed by atoms with E-state index in [1.54, 1.807) is 0 Å². The Morgan fingerprint density at radius 2 is 2.03 bits per heavy atom. The van der Waals surface area contributed by atoms with E-state index in [9.17, 15) is 4.39 Å². The van der Waals surface area contributed by atoms with Crippen LogP contribution in [0, 0.1) is 0 Å². The number of pyridine rings is 1. The van der Waals surface area contributed by atoms with Crippen LogP contribution < -0.4 is 0 Å². The molecule has 6 nitrogen and oxygen atoms in total. The first kappa shape index (κ1) is 20.4. The molecule has 170 valence electrons. The van der Waals surface area contributed by atoms with Crippen molar-refractivity contribution in [3.05, 3.63) is 36.5 Å². The van der Waals surface area contributed by atoms with Gasteiger partial charge in [-0.15, -0.1) is 0 Å². The number of hydrogen-bond donors (Lipinski definition) is 0. The van der Waals surface area contributed by atoms with E-state index in [0.29, 0.717) is 24.0 Å². The van der Waals surface area contributed by atoms with Gasteiger partial charge in [-0.2, -0.15) is 0 Å². The number of halogens is 1. The highest BCUT2D eigenvalue weighted by molar-refractivity contribution is 5.80. The molecule has 0 radical (unpaired) electrons. The topological polar surface area (TPSA) is 48.1 Å². The van der Waals surface area contributed by atoms with Gasteiger partial charge in [0, 0.05) is 54.7 Å². The molecule has 3 aromatic heterocycles. The molecular formula is C25H32FN5O. The first-order valence-corrected chi connectivity index (χ1v) is 12.1. The predicted molar refractivity (Wildman–Crippen MR) is 123 cm³/mol. The highest BCUT2D eigenvalue weighted by atomic mass is 19.1. The zero-order chi connectivity index (χ0) is 21.7. The van der Waals surface area contributed by atoms with Crippen LogP contribution >= 0.6 is 0 Å². The second-order valence-corrected chi connectivity index (χ2v) is 9.73. The number of morpholine rings is 1. The van der Waals surface area contributed by atoms with Gasteiger partial charge in [-0.3, -0.25) is 9.88 Å². The summed E-state index contributed by atoms with van der Waals surface area (Å²) in [6.45, 7) is 6.13. The molecule has 4 heterocycles. The third-order valence-electron chi connectivity index (χ3n) is 7.91. The van der Waals surface area contributed by atoms with Crippen molar-refractivity contribution in [2.45, 2.75) is 63.1 Å². The van der Waals surface area contributed by atoms with E-state index in [0.717, 1.165) is 48.6 Å². The quantitative estimate of drug-likeness (QED) is 0.544. The van der Waals surface area contributed by atoms with Gasteiger partial charge in [0.1, 0.15) is 12.5 Å². The molecule has 2 saturated carbocycles. The number of imidazole rings is 1. The minimum Gasteiger partial charge on any atom is -0.379 e. The van der Waals surface area contributed by atoms with Crippen LogP contribution in [0.1, 0.15) is 56.8 Å². The van der Waals surface area contributed by atoms with Crippen molar-refractivity contribution in [3.8, 4) is 11.3 Å². The van der Waals surface area contributed by atoms with Crippen LogP contribution in [0.15, 0.2) is 30.7 Å². The molecule has 6 rings (SSSR count). The zero-order valence-corrected chi connectivity index (χ0v) is 18.8. The van der Waals surface area contributed by atoms with Crippen LogP contribution in [-0.2, 0) is 11.3 Å². The maximum Gasteiger partial charge on any atom is 0.112 e. The van der Waals surface area contributed by atoms with Gasteiger partial charge in [-0.1, -0.05) is 6.92 Å². The van der Waals surface area contributed by atoms with E-state index in [4.69, 9.17) is 9.72 Å². The molecule has 7 heteroatoms. The Bertz CT molecular complexity index is 1100. The van der Waals surface area contributed by atoms with Crippen LogP contribution in [0.5, 0.6) is 0 Å². The summed E-state index contributed by atoms with van der Waals surface area (Å²) in [4.78, 5) is 12.4. The minimum absolute atomic E-state index is 0.313. The summed E-state index contributed by atoms with van der Waals surface area (Å²) < 4.78 is 23.0. The minimum atomic E-state index is -0.377. The summed E-state index contributed by atoms with van der Waals surface area (Å²) in [5, 5.41) is 0. The highest BCUT2D eigenvalue weighted by Gasteiger charge is 2.49. The SMILES string of the molecule is CCC1(N2CCOCC2)CC(n2cc(-c3cnc4ccn(CCF)c4c3)nc2C2CC2)C1. The molecule has 0 aromatic carbocycles. The molecule has 32 heavy (non-hydrogen) atoms. The van der Waals surface area contributed by atoms with E-state index in [1.807, 2.05) is 23.0 Å². The van der Waals surface area contributed by atoms with Crippen molar-refractivity contribution >= 4 is 11.0 Å². The van der Waals surface area contributed by atoms with E-state index in [1.165, 1.54) is 37.9 Å². The molecule has 0 spiro atoms. The highest BCUT2D eigenvalue weighted by Crippen LogP contribution is 2.51. The van der Waals surface area contributed by atoms with Crippen molar-refractivity contribution in [1.82, 2.24) is 24.0 Å². The molecular weight excluding hydrogens is 405 g/mol. The summed E-state index contributed by atoms with van der Waals surface area (Å²) in [7, 11) is 0. The fourth-order valence-corrected chi connectivity index (χ4v) is 5.79. The van der Waals surface area contributed by atoms with Gasteiger partial charge in [0.2, 0.25) is 0 Å². The third kappa shape index (κ3) is 3.37. The smallest absolute Gasteiger partial charge is 0.112 e. The van der Waals surface area contributed by atoms with Gasteiger partial charge in [0.15, 0.2) is 0 Å². The summed E-state index contributed by atoms with van der Waals surface area (Å²) >= 11 is 0. The Morgan fingerprint density at radius 1 is 1.22 bits per heavy atom. The monoisotopic (exact) mass is 437 g/mol.